The number of rotatable bonds is 11. The molecule has 1 aromatic rings. The van der Waals surface area contributed by atoms with E-state index in [-0.39, 0.29) is 0 Å². The third-order valence-electron chi connectivity index (χ3n) is 5.18. The molecule has 1 aliphatic rings. The quantitative estimate of drug-likeness (QED) is 0.478. The van der Waals surface area contributed by atoms with Crippen molar-refractivity contribution in [3.05, 3.63) is 29.8 Å². The summed E-state index contributed by atoms with van der Waals surface area (Å²) in [4.78, 5) is 2.74. The van der Waals surface area contributed by atoms with E-state index in [2.05, 4.69) is 36.1 Å². The first-order valence-electron chi connectivity index (χ1n) is 9.70. The van der Waals surface area contributed by atoms with Gasteiger partial charge in [-0.1, -0.05) is 64.0 Å². The third kappa shape index (κ3) is 6.55. The fraction of sp³-hybridized carbons (Fsp3) is 0.714. The van der Waals surface area contributed by atoms with Crippen molar-refractivity contribution in [2.45, 2.75) is 83.7 Å². The van der Waals surface area contributed by atoms with E-state index in [1.165, 1.54) is 76.3 Å². The van der Waals surface area contributed by atoms with Crippen molar-refractivity contribution < 1.29 is 4.74 Å². The highest BCUT2D eigenvalue weighted by Gasteiger charge is 2.22. The van der Waals surface area contributed by atoms with Crippen molar-refractivity contribution in [1.29, 1.82) is 0 Å². The van der Waals surface area contributed by atoms with Crippen molar-refractivity contribution in [3.8, 4) is 5.75 Å². The summed E-state index contributed by atoms with van der Waals surface area (Å²) in [6.45, 7) is 4.66. The van der Waals surface area contributed by atoms with Crippen molar-refractivity contribution >= 4 is 0 Å². The molecule has 1 fully saturated rings. The highest BCUT2D eigenvalue weighted by molar-refractivity contribution is 5.27. The zero-order valence-corrected chi connectivity index (χ0v) is 15.2. The van der Waals surface area contributed by atoms with Crippen molar-refractivity contribution in [1.82, 2.24) is 4.90 Å². The molecule has 130 valence electrons. The van der Waals surface area contributed by atoms with Crippen LogP contribution >= 0.6 is 0 Å². The molecule has 0 saturated heterocycles. The molecule has 2 heteroatoms. The van der Waals surface area contributed by atoms with Gasteiger partial charge in [0.2, 0.25) is 0 Å². The number of unbranched alkanes of at least 4 members (excludes halogenated alkanes) is 5. The molecule has 1 aliphatic carbocycles. The molecule has 0 N–H and O–H groups in total. The summed E-state index contributed by atoms with van der Waals surface area (Å²) in [6, 6.07) is 9.44. The van der Waals surface area contributed by atoms with Crippen molar-refractivity contribution in [2.75, 3.05) is 13.7 Å². The molecule has 23 heavy (non-hydrogen) atoms. The monoisotopic (exact) mass is 317 g/mol. The van der Waals surface area contributed by atoms with E-state index in [1.54, 1.807) is 7.11 Å². The molecule has 0 atom stereocenters. The molecule has 2 nitrogen and oxygen atoms in total. The molecular weight excluding hydrogens is 282 g/mol. The summed E-state index contributed by atoms with van der Waals surface area (Å²) in [7, 11) is 1.73. The van der Waals surface area contributed by atoms with Gasteiger partial charge in [-0.15, -0.1) is 0 Å². The van der Waals surface area contributed by atoms with Crippen LogP contribution in [0.15, 0.2) is 24.3 Å². The normalized spacial score (nSPS) is 15.4. The molecule has 0 heterocycles. The second kappa shape index (κ2) is 10.7. The summed E-state index contributed by atoms with van der Waals surface area (Å²) in [5.74, 6) is 0.956. The number of hydrogen-bond donors (Lipinski definition) is 0. The van der Waals surface area contributed by atoms with Crippen LogP contribution in [0.3, 0.4) is 0 Å². The Labute approximate surface area is 143 Å². The standard InChI is InChI=1S/C21H35NO/c1-3-4-5-6-7-10-17-22(20-11-8-9-12-20)18-19-13-15-21(23-2)16-14-19/h13-16,20H,3-12,17-18H2,1-2H3. The summed E-state index contributed by atoms with van der Waals surface area (Å²) >= 11 is 0. The van der Waals surface area contributed by atoms with E-state index in [9.17, 15) is 0 Å². The van der Waals surface area contributed by atoms with Crippen molar-refractivity contribution in [3.63, 3.8) is 0 Å². The second-order valence-corrected chi connectivity index (χ2v) is 7.02. The lowest BCUT2D eigenvalue weighted by atomic mass is 10.1. The minimum absolute atomic E-state index is 0.813. The molecule has 0 bridgehead atoms. The topological polar surface area (TPSA) is 12.5 Å². The van der Waals surface area contributed by atoms with Gasteiger partial charge in [0.05, 0.1) is 7.11 Å². The smallest absolute Gasteiger partial charge is 0.118 e. The zero-order valence-electron chi connectivity index (χ0n) is 15.2. The van der Waals surface area contributed by atoms with E-state index in [4.69, 9.17) is 4.74 Å². The van der Waals surface area contributed by atoms with Crippen molar-refractivity contribution in [2.24, 2.45) is 0 Å². The van der Waals surface area contributed by atoms with Crippen LogP contribution in [-0.2, 0) is 6.54 Å². The number of methoxy groups -OCH3 is 1. The molecule has 0 unspecified atom stereocenters. The van der Waals surface area contributed by atoms with E-state index in [0.717, 1.165) is 18.3 Å². The van der Waals surface area contributed by atoms with Gasteiger partial charge in [0.1, 0.15) is 5.75 Å². The van der Waals surface area contributed by atoms with Crippen LogP contribution in [0.25, 0.3) is 0 Å². The molecule has 2 rings (SSSR count). The van der Waals surface area contributed by atoms with Gasteiger partial charge in [0, 0.05) is 12.6 Å². The predicted octanol–water partition coefficient (Wildman–Crippen LogP) is 5.80. The zero-order chi connectivity index (χ0) is 16.3. The van der Waals surface area contributed by atoms with E-state index < -0.39 is 0 Å². The third-order valence-corrected chi connectivity index (χ3v) is 5.18. The number of nitrogens with zero attached hydrogens (tertiary/aromatic N) is 1. The SMILES string of the molecule is CCCCCCCCN(Cc1ccc(OC)cc1)C1CCCC1. The first-order chi connectivity index (χ1) is 11.3. The summed E-state index contributed by atoms with van der Waals surface area (Å²) in [5.41, 5.74) is 1.42. The van der Waals surface area contributed by atoms with Crippen LogP contribution in [0.5, 0.6) is 5.75 Å². The Balaban J connectivity index is 1.81. The first kappa shape index (κ1) is 18.3. The second-order valence-electron chi connectivity index (χ2n) is 7.02. The van der Waals surface area contributed by atoms with Gasteiger partial charge in [-0.2, -0.15) is 0 Å². The van der Waals surface area contributed by atoms with Gasteiger partial charge < -0.3 is 4.74 Å². The Hall–Kier alpha value is -1.02. The fourth-order valence-electron chi connectivity index (χ4n) is 3.72. The number of benzene rings is 1. The van der Waals surface area contributed by atoms with E-state index >= 15 is 0 Å². The average Bonchev–Trinajstić information content (AvgIpc) is 3.12. The molecular formula is C21H35NO. The lowest BCUT2D eigenvalue weighted by Crippen LogP contribution is -2.33. The average molecular weight is 318 g/mol. The molecule has 0 radical (unpaired) electrons. The Morgan fingerprint density at radius 3 is 2.26 bits per heavy atom. The van der Waals surface area contributed by atoms with Gasteiger partial charge in [0.15, 0.2) is 0 Å². The Kier molecular flexibility index (Phi) is 8.52. The Morgan fingerprint density at radius 2 is 1.61 bits per heavy atom. The molecule has 1 saturated carbocycles. The minimum atomic E-state index is 0.813. The molecule has 1 aromatic carbocycles. The number of hydrogen-bond acceptors (Lipinski definition) is 2. The van der Waals surface area contributed by atoms with Crippen LogP contribution in [0.4, 0.5) is 0 Å². The Morgan fingerprint density at radius 1 is 0.957 bits per heavy atom. The summed E-state index contributed by atoms with van der Waals surface area (Å²) < 4.78 is 5.27. The van der Waals surface area contributed by atoms with Crippen LogP contribution in [0.1, 0.15) is 76.7 Å². The highest BCUT2D eigenvalue weighted by atomic mass is 16.5. The van der Waals surface area contributed by atoms with Crippen LogP contribution in [-0.4, -0.2) is 24.6 Å². The van der Waals surface area contributed by atoms with Gasteiger partial charge in [-0.25, -0.2) is 0 Å². The highest BCUT2D eigenvalue weighted by Crippen LogP contribution is 2.26. The fourth-order valence-corrected chi connectivity index (χ4v) is 3.72. The molecule has 0 aliphatic heterocycles. The minimum Gasteiger partial charge on any atom is -0.497 e. The number of ether oxygens (including phenoxy) is 1. The lowest BCUT2D eigenvalue weighted by molar-refractivity contribution is 0.185. The van der Waals surface area contributed by atoms with Crippen LogP contribution in [0, 0.1) is 0 Å². The maximum atomic E-state index is 5.27. The van der Waals surface area contributed by atoms with Crippen LogP contribution < -0.4 is 4.74 Å². The maximum absolute atomic E-state index is 5.27. The molecule has 0 spiro atoms. The van der Waals surface area contributed by atoms with E-state index in [0.29, 0.717) is 0 Å². The summed E-state index contributed by atoms with van der Waals surface area (Å²) in [6.07, 6.45) is 13.9. The van der Waals surface area contributed by atoms with Gasteiger partial charge in [0.25, 0.3) is 0 Å². The van der Waals surface area contributed by atoms with Gasteiger partial charge in [-0.05, 0) is 43.5 Å². The van der Waals surface area contributed by atoms with Gasteiger partial charge in [-0.3, -0.25) is 4.90 Å². The molecule has 0 aromatic heterocycles. The first-order valence-corrected chi connectivity index (χ1v) is 9.70. The largest absolute Gasteiger partial charge is 0.497 e. The predicted molar refractivity (Wildman–Crippen MR) is 99.0 cm³/mol. The summed E-state index contributed by atoms with van der Waals surface area (Å²) in [5, 5.41) is 0. The van der Waals surface area contributed by atoms with E-state index in [1.807, 2.05) is 0 Å². The van der Waals surface area contributed by atoms with Gasteiger partial charge >= 0.3 is 0 Å². The molecule has 0 amide bonds. The van der Waals surface area contributed by atoms with Crippen LogP contribution in [0.2, 0.25) is 0 Å². The maximum Gasteiger partial charge on any atom is 0.118 e. The Bertz CT molecular complexity index is 408. The lowest BCUT2D eigenvalue weighted by Gasteiger charge is -2.29.